The molecule has 0 heterocycles. The fraction of sp³-hybridized carbons (Fsp3) is 0.600. The molecule has 25 heavy (non-hydrogen) atoms. The van der Waals surface area contributed by atoms with Gasteiger partial charge in [-0.15, -0.1) is 0 Å². The van der Waals surface area contributed by atoms with E-state index in [2.05, 4.69) is 24.5 Å². The molecule has 1 fully saturated rings. The molecule has 5 nitrogen and oxygen atoms in total. The lowest BCUT2D eigenvalue weighted by Crippen LogP contribution is -2.36. The maximum atomic E-state index is 12.4. The molecule has 0 unspecified atom stereocenters. The average molecular weight is 346 g/mol. The van der Waals surface area contributed by atoms with Gasteiger partial charge in [0, 0.05) is 30.1 Å². The van der Waals surface area contributed by atoms with Crippen molar-refractivity contribution in [2.24, 2.45) is 17.8 Å². The van der Waals surface area contributed by atoms with Gasteiger partial charge in [-0.25, -0.2) is 0 Å². The molecule has 0 aromatic heterocycles. The van der Waals surface area contributed by atoms with Crippen molar-refractivity contribution in [2.45, 2.75) is 46.0 Å². The zero-order valence-electron chi connectivity index (χ0n) is 15.5. The third-order valence-electron chi connectivity index (χ3n) is 4.83. The normalized spacial score (nSPS) is 20.2. The maximum Gasteiger partial charge on any atom is 0.227 e. The van der Waals surface area contributed by atoms with E-state index in [1.54, 1.807) is 7.11 Å². The van der Waals surface area contributed by atoms with Crippen LogP contribution in [0.3, 0.4) is 0 Å². The standard InChI is InChI=1S/C20H30N2O3/c1-14(2)11-12-21-19(23)15-7-9-16(10-8-15)20(24)22-17-5-4-6-18(13-17)25-3/h4-6,13-16H,7-12H2,1-3H3,(H,21,23)(H,22,24). The van der Waals surface area contributed by atoms with Gasteiger partial charge in [-0.2, -0.15) is 0 Å². The molecule has 1 aliphatic carbocycles. The molecule has 2 rings (SSSR count). The smallest absolute Gasteiger partial charge is 0.227 e. The van der Waals surface area contributed by atoms with Gasteiger partial charge in [0.1, 0.15) is 5.75 Å². The Labute approximate surface area is 150 Å². The minimum atomic E-state index is -0.0223. The van der Waals surface area contributed by atoms with Crippen LogP contribution in [0.2, 0.25) is 0 Å². The highest BCUT2D eigenvalue weighted by molar-refractivity contribution is 5.93. The number of ether oxygens (including phenoxy) is 1. The molecule has 0 radical (unpaired) electrons. The highest BCUT2D eigenvalue weighted by atomic mass is 16.5. The molecule has 2 amide bonds. The van der Waals surface area contributed by atoms with Gasteiger partial charge >= 0.3 is 0 Å². The molecule has 0 aliphatic heterocycles. The summed E-state index contributed by atoms with van der Waals surface area (Å²) in [6.45, 7) is 5.04. The maximum absolute atomic E-state index is 12.4. The second kappa shape index (κ2) is 9.44. The third-order valence-corrected chi connectivity index (χ3v) is 4.83. The number of benzene rings is 1. The number of carbonyl (C=O) groups excluding carboxylic acids is 2. The Balaban J connectivity index is 1.77. The first-order chi connectivity index (χ1) is 12.0. The van der Waals surface area contributed by atoms with Gasteiger partial charge in [0.05, 0.1) is 7.11 Å². The topological polar surface area (TPSA) is 67.4 Å². The average Bonchev–Trinajstić information content (AvgIpc) is 2.61. The highest BCUT2D eigenvalue weighted by Crippen LogP contribution is 2.30. The van der Waals surface area contributed by atoms with Crippen LogP contribution >= 0.6 is 0 Å². The molecule has 1 aliphatic rings. The van der Waals surface area contributed by atoms with E-state index >= 15 is 0 Å². The first-order valence-electron chi connectivity index (χ1n) is 9.22. The van der Waals surface area contributed by atoms with E-state index in [4.69, 9.17) is 4.74 Å². The fourth-order valence-corrected chi connectivity index (χ4v) is 3.19. The van der Waals surface area contributed by atoms with Crippen LogP contribution in [0.25, 0.3) is 0 Å². The summed E-state index contributed by atoms with van der Waals surface area (Å²) in [7, 11) is 1.61. The van der Waals surface area contributed by atoms with E-state index in [0.29, 0.717) is 5.92 Å². The van der Waals surface area contributed by atoms with Crippen molar-refractivity contribution in [1.29, 1.82) is 0 Å². The van der Waals surface area contributed by atoms with E-state index < -0.39 is 0 Å². The van der Waals surface area contributed by atoms with Gasteiger partial charge in [0.2, 0.25) is 11.8 Å². The molecular formula is C20H30N2O3. The molecular weight excluding hydrogens is 316 g/mol. The second-order valence-corrected chi connectivity index (χ2v) is 7.24. The number of hydrogen-bond donors (Lipinski definition) is 2. The fourth-order valence-electron chi connectivity index (χ4n) is 3.19. The van der Waals surface area contributed by atoms with E-state index in [1.165, 1.54) is 0 Å². The molecule has 138 valence electrons. The van der Waals surface area contributed by atoms with E-state index in [0.717, 1.165) is 50.1 Å². The predicted octanol–water partition coefficient (Wildman–Crippen LogP) is 3.60. The van der Waals surface area contributed by atoms with Gasteiger partial charge in [0.15, 0.2) is 0 Å². The van der Waals surface area contributed by atoms with Gasteiger partial charge < -0.3 is 15.4 Å². The number of rotatable bonds is 7. The Kier molecular flexibility index (Phi) is 7.29. The Bertz CT molecular complexity index is 578. The van der Waals surface area contributed by atoms with Crippen molar-refractivity contribution in [3.63, 3.8) is 0 Å². The van der Waals surface area contributed by atoms with E-state index in [-0.39, 0.29) is 23.7 Å². The molecule has 0 saturated heterocycles. The third kappa shape index (κ3) is 6.07. The van der Waals surface area contributed by atoms with Crippen molar-refractivity contribution < 1.29 is 14.3 Å². The van der Waals surface area contributed by atoms with Crippen LogP contribution in [0, 0.1) is 17.8 Å². The first kappa shape index (κ1) is 19.3. The Morgan fingerprint density at radius 2 is 1.76 bits per heavy atom. The number of carbonyl (C=O) groups is 2. The van der Waals surface area contributed by atoms with Crippen LogP contribution in [-0.4, -0.2) is 25.5 Å². The lowest BCUT2D eigenvalue weighted by atomic mass is 9.81. The molecule has 0 atom stereocenters. The lowest BCUT2D eigenvalue weighted by molar-refractivity contribution is -0.128. The number of nitrogens with one attached hydrogen (secondary N) is 2. The number of hydrogen-bond acceptors (Lipinski definition) is 3. The summed E-state index contributed by atoms with van der Waals surface area (Å²) in [5.74, 6) is 1.52. The summed E-state index contributed by atoms with van der Waals surface area (Å²) in [6.07, 6.45) is 4.09. The molecule has 0 spiro atoms. The minimum Gasteiger partial charge on any atom is -0.497 e. The summed E-state index contributed by atoms with van der Waals surface area (Å²) in [5, 5.41) is 5.98. The van der Waals surface area contributed by atoms with Crippen molar-refractivity contribution in [3.8, 4) is 5.75 Å². The highest BCUT2D eigenvalue weighted by Gasteiger charge is 2.29. The molecule has 1 aromatic rings. The zero-order valence-corrected chi connectivity index (χ0v) is 15.5. The molecule has 0 bridgehead atoms. The van der Waals surface area contributed by atoms with Crippen LogP contribution in [0.15, 0.2) is 24.3 Å². The summed E-state index contributed by atoms with van der Waals surface area (Å²) in [6, 6.07) is 7.37. The van der Waals surface area contributed by atoms with Crippen LogP contribution in [-0.2, 0) is 9.59 Å². The van der Waals surface area contributed by atoms with Gasteiger partial charge in [-0.1, -0.05) is 19.9 Å². The Morgan fingerprint density at radius 1 is 1.12 bits per heavy atom. The van der Waals surface area contributed by atoms with Crippen LogP contribution in [0.1, 0.15) is 46.0 Å². The molecule has 1 saturated carbocycles. The quantitative estimate of drug-likeness (QED) is 0.792. The molecule has 5 heteroatoms. The number of amides is 2. The second-order valence-electron chi connectivity index (χ2n) is 7.24. The van der Waals surface area contributed by atoms with Crippen molar-refractivity contribution >= 4 is 17.5 Å². The number of anilines is 1. The molecule has 1 aromatic carbocycles. The van der Waals surface area contributed by atoms with Crippen molar-refractivity contribution in [3.05, 3.63) is 24.3 Å². The first-order valence-corrected chi connectivity index (χ1v) is 9.22. The van der Waals surface area contributed by atoms with Gasteiger partial charge in [0.25, 0.3) is 0 Å². The van der Waals surface area contributed by atoms with Crippen LogP contribution < -0.4 is 15.4 Å². The number of methoxy groups -OCH3 is 1. The predicted molar refractivity (Wildman–Crippen MR) is 99.5 cm³/mol. The lowest BCUT2D eigenvalue weighted by Gasteiger charge is -2.27. The monoisotopic (exact) mass is 346 g/mol. The van der Waals surface area contributed by atoms with Crippen LogP contribution in [0.5, 0.6) is 5.75 Å². The summed E-state index contributed by atoms with van der Waals surface area (Å²) < 4.78 is 5.17. The van der Waals surface area contributed by atoms with Crippen LogP contribution in [0.4, 0.5) is 5.69 Å². The van der Waals surface area contributed by atoms with Gasteiger partial charge in [-0.3, -0.25) is 9.59 Å². The SMILES string of the molecule is COc1cccc(NC(=O)C2CCC(C(=O)NCCC(C)C)CC2)c1. The zero-order chi connectivity index (χ0) is 18.2. The summed E-state index contributed by atoms with van der Waals surface area (Å²) >= 11 is 0. The summed E-state index contributed by atoms with van der Waals surface area (Å²) in [5.41, 5.74) is 0.748. The Hall–Kier alpha value is -2.04. The minimum absolute atomic E-state index is 0.0223. The van der Waals surface area contributed by atoms with E-state index in [1.807, 2.05) is 24.3 Å². The van der Waals surface area contributed by atoms with E-state index in [9.17, 15) is 9.59 Å². The Morgan fingerprint density at radius 3 is 2.36 bits per heavy atom. The van der Waals surface area contributed by atoms with Crippen molar-refractivity contribution in [2.75, 3.05) is 19.0 Å². The van der Waals surface area contributed by atoms with Crippen molar-refractivity contribution in [1.82, 2.24) is 5.32 Å². The summed E-state index contributed by atoms with van der Waals surface area (Å²) in [4.78, 5) is 24.6. The largest absolute Gasteiger partial charge is 0.497 e. The van der Waals surface area contributed by atoms with Gasteiger partial charge in [-0.05, 0) is 50.2 Å². The molecule has 2 N–H and O–H groups in total.